The van der Waals surface area contributed by atoms with E-state index < -0.39 is 151 Å². The summed E-state index contributed by atoms with van der Waals surface area (Å²) in [4.78, 5) is 158. The summed E-state index contributed by atoms with van der Waals surface area (Å²) >= 11 is 0. The van der Waals surface area contributed by atoms with Gasteiger partial charge in [0.1, 0.15) is 54.6 Å². The van der Waals surface area contributed by atoms with Crippen molar-refractivity contribution >= 4 is 65.0 Å². The summed E-state index contributed by atoms with van der Waals surface area (Å²) < 4.78 is 30.3. The quantitative estimate of drug-likeness (QED) is 0.0760. The van der Waals surface area contributed by atoms with Gasteiger partial charge in [-0.1, -0.05) is 6.42 Å². The number of aliphatic hydroxyl groups excluding tert-OH is 1. The van der Waals surface area contributed by atoms with Gasteiger partial charge in [-0.15, -0.1) is 0 Å². The highest BCUT2D eigenvalue weighted by molar-refractivity contribution is 5.99. The van der Waals surface area contributed by atoms with E-state index in [0.29, 0.717) is 129 Å². The number of aliphatic hydroxyl groups is 1. The molecule has 10 amide bonds. The van der Waals surface area contributed by atoms with Gasteiger partial charge in [0.05, 0.1) is 19.1 Å². The molecule has 5 heterocycles. The first-order valence-corrected chi connectivity index (χ1v) is 35.6. The minimum Gasteiger partial charge on any atom is -0.481 e. The van der Waals surface area contributed by atoms with Gasteiger partial charge in [-0.3, -0.25) is 52.7 Å². The van der Waals surface area contributed by atoms with Gasteiger partial charge < -0.3 is 95.7 Å². The maximum Gasteiger partial charge on any atom is 0.305 e. The largest absolute Gasteiger partial charge is 0.481 e. The number of rotatable bonds is 15. The van der Waals surface area contributed by atoms with E-state index in [-0.39, 0.29) is 125 Å². The average molecular weight is 1360 g/mol. The molecule has 8 aliphatic rings. The van der Waals surface area contributed by atoms with Gasteiger partial charge in [-0.25, -0.2) is 8.78 Å². The first-order chi connectivity index (χ1) is 46.1. The molecule has 9 unspecified atom stereocenters. The van der Waals surface area contributed by atoms with E-state index in [4.69, 9.17) is 11.5 Å². The summed E-state index contributed by atoms with van der Waals surface area (Å²) in [5.41, 5.74) is 11.9. The third kappa shape index (κ3) is 22.6. The van der Waals surface area contributed by atoms with Crippen molar-refractivity contribution in [2.45, 2.75) is 252 Å². The Morgan fingerprint density at radius 3 is 1.74 bits per heavy atom. The molecule has 0 aromatic rings. The molecule has 3 saturated carbocycles. The number of fused-ring (bicyclic) bond motifs is 3. The molecule has 17 atom stereocenters. The number of hydrogen-bond acceptors (Lipinski definition) is 18. The summed E-state index contributed by atoms with van der Waals surface area (Å²) in [7, 11) is 0. The second-order valence-electron chi connectivity index (χ2n) is 28.3. The van der Waals surface area contributed by atoms with Gasteiger partial charge >= 0.3 is 5.97 Å². The fourth-order valence-corrected chi connectivity index (χ4v) is 15.8. The van der Waals surface area contributed by atoms with Crippen molar-refractivity contribution in [1.29, 1.82) is 0 Å². The van der Waals surface area contributed by atoms with E-state index >= 15 is 23.2 Å². The molecule has 5 aliphatic heterocycles. The molecule has 0 bridgehead atoms. The number of hydrogen-bond donors (Lipinski definition) is 17. The summed E-state index contributed by atoms with van der Waals surface area (Å²) in [5, 5.41) is 58.9. The number of alkyl halides is 2. The first kappa shape index (κ1) is 75.5. The van der Waals surface area contributed by atoms with E-state index in [1.807, 2.05) is 0 Å². The lowest BCUT2D eigenvalue weighted by molar-refractivity contribution is -0.143. The number of carbonyl (C=O) groups is 11. The molecule has 8 rings (SSSR count). The van der Waals surface area contributed by atoms with Crippen molar-refractivity contribution in [2.24, 2.45) is 41.1 Å². The van der Waals surface area contributed by atoms with Crippen molar-refractivity contribution in [3.63, 3.8) is 0 Å². The lowest BCUT2D eigenvalue weighted by Crippen LogP contribution is -2.61. The van der Waals surface area contributed by atoms with E-state index in [9.17, 15) is 48.6 Å². The molecule has 5 saturated heterocycles. The number of carboxylic acids is 1. The monoisotopic (exact) mass is 1360 g/mol. The molecule has 0 spiro atoms. The van der Waals surface area contributed by atoms with Crippen LogP contribution in [0.5, 0.6) is 0 Å². The van der Waals surface area contributed by atoms with Crippen LogP contribution in [0.3, 0.4) is 0 Å². The Morgan fingerprint density at radius 1 is 0.521 bits per heavy atom. The third-order valence-electron chi connectivity index (χ3n) is 21.2. The van der Waals surface area contributed by atoms with Crippen molar-refractivity contribution in [1.82, 2.24) is 74.0 Å². The minimum absolute atomic E-state index is 0.0173. The van der Waals surface area contributed by atoms with Crippen molar-refractivity contribution in [3.05, 3.63) is 0 Å². The number of carboxylic acid groups (broad SMARTS) is 1. The van der Waals surface area contributed by atoms with Crippen LogP contribution in [0.15, 0.2) is 0 Å². The fourth-order valence-electron chi connectivity index (χ4n) is 15.8. The molecule has 0 radical (unpaired) electrons. The highest BCUT2D eigenvalue weighted by Gasteiger charge is 2.47. The summed E-state index contributed by atoms with van der Waals surface area (Å²) in [6.45, 7) is 1.52. The van der Waals surface area contributed by atoms with Gasteiger partial charge in [0.25, 0.3) is 0 Å². The molecule has 31 heteroatoms. The number of nitrogens with one attached hydrogen (secondary N) is 13. The standard InChI is InChI=1S/C65H108F2N16O13/c66-39-12-17-46-44(26-39)37(31-72-46)24-49-60(91)79-50(25-38-32-73-47-18-13-40(67)27-45(38)47)61(92)81-52(29-58(88)89)63(94)80-51(28-42-33-70-35-75-42)62(93)82-53(23-36-10-15-43(84)16-11-36)65(96)83-22-6-8-54(83)64(95)76-41(30-69)14-19-55(85)71-21-5-1-2-9-56(86)77-48(7-3-4-20-68)59(90)74-34-57(87)78-49/h36-54,70,72-73,75,84H,1-35,68-69H2,(H,71,85)(H,74,90)(H,76,95)(H,77,86)(H,78,87)(H,79,91)(H,80,94)(H,81,92)(H,82,93)(H,88,89)/t36?,37?,38?,39?,40?,41-,42?,43?,44?,45?,46?,47?,48-,49-,50-,51-,52-,53-,54-/m0/s1. The van der Waals surface area contributed by atoms with Gasteiger partial charge in [0.2, 0.25) is 59.1 Å². The Labute approximate surface area is 560 Å². The molecule has 29 nitrogen and oxygen atoms in total. The molecule has 0 aromatic heterocycles. The van der Waals surface area contributed by atoms with Crippen LogP contribution in [-0.2, 0) is 52.7 Å². The number of carbonyl (C=O) groups excluding carboxylic acids is 10. The number of halogens is 2. The fraction of sp³-hybridized carbons (Fsp3) is 0.831. The van der Waals surface area contributed by atoms with Crippen LogP contribution in [0.4, 0.5) is 8.78 Å². The van der Waals surface area contributed by atoms with Gasteiger partial charge in [-0.05, 0) is 190 Å². The summed E-state index contributed by atoms with van der Waals surface area (Å²) in [6.07, 6.45) is 3.87. The van der Waals surface area contributed by atoms with Gasteiger partial charge in [-0.2, -0.15) is 0 Å². The Hall–Kier alpha value is -6.25. The highest BCUT2D eigenvalue weighted by Crippen LogP contribution is 2.40. The molecular formula is C65H108F2N16O13. The summed E-state index contributed by atoms with van der Waals surface area (Å²) in [6, 6.07) is -10.8. The normalized spacial score (nSPS) is 36.1. The zero-order valence-electron chi connectivity index (χ0n) is 55.5. The van der Waals surface area contributed by atoms with Crippen molar-refractivity contribution in [2.75, 3.05) is 59.0 Å². The second-order valence-corrected chi connectivity index (χ2v) is 28.3. The predicted molar refractivity (Wildman–Crippen MR) is 347 cm³/mol. The second kappa shape index (κ2) is 37.6. The lowest BCUT2D eigenvalue weighted by atomic mass is 9.76. The van der Waals surface area contributed by atoms with Crippen LogP contribution in [0.1, 0.15) is 167 Å². The zero-order chi connectivity index (χ0) is 68.8. The average Bonchev–Trinajstić information content (AvgIpc) is 1.68. The van der Waals surface area contributed by atoms with E-state index in [1.54, 1.807) is 0 Å². The molecule has 540 valence electrons. The molecule has 3 aliphatic carbocycles. The number of nitrogens with two attached hydrogens (primary N) is 2. The SMILES string of the molecule is NCCCC[C@@H]1NC(=O)CCCCCNC(=O)CC[C@@H](CN)NC(=O)[C@@H]2CCCN2C(=O)[C@H](CC2CCC(O)CC2)NC(=O)[C@H](CC2CNCN2)NC(=O)[C@H](CC(=O)O)NC(=O)[C@H](CC2CNC3CCC(F)CC23)NC(=O)[C@H](CC2CNC3CCC(F)CC23)NC(=O)CNC1=O. The molecule has 96 heavy (non-hydrogen) atoms. The maximum absolute atomic E-state index is 15.2. The predicted octanol–water partition coefficient (Wildman–Crippen LogP) is -2.40. The third-order valence-corrected chi connectivity index (χ3v) is 21.2. The van der Waals surface area contributed by atoms with E-state index in [0.717, 1.165) is 0 Å². The summed E-state index contributed by atoms with van der Waals surface area (Å²) in [5.74, 6) is -9.95. The number of aliphatic carboxylic acids is 1. The van der Waals surface area contributed by atoms with Crippen molar-refractivity contribution in [3.8, 4) is 0 Å². The highest BCUT2D eigenvalue weighted by atomic mass is 19.1. The Bertz CT molecular complexity index is 2660. The Morgan fingerprint density at radius 2 is 1.12 bits per heavy atom. The Balaban J connectivity index is 1.09. The van der Waals surface area contributed by atoms with Gasteiger partial charge in [0.15, 0.2) is 0 Å². The lowest BCUT2D eigenvalue weighted by Gasteiger charge is -2.34. The maximum atomic E-state index is 15.2. The number of nitrogens with zero attached hydrogens (tertiary/aromatic N) is 1. The molecule has 19 N–H and O–H groups in total. The van der Waals surface area contributed by atoms with Crippen LogP contribution in [0.2, 0.25) is 0 Å². The first-order valence-electron chi connectivity index (χ1n) is 35.6. The molecule has 8 fully saturated rings. The van der Waals surface area contributed by atoms with E-state index in [2.05, 4.69) is 69.1 Å². The zero-order valence-corrected chi connectivity index (χ0v) is 55.5. The van der Waals surface area contributed by atoms with Gasteiger partial charge in [0, 0.05) is 69.9 Å². The van der Waals surface area contributed by atoms with Crippen LogP contribution in [0, 0.1) is 29.6 Å². The molecule has 0 aromatic carbocycles. The number of unbranched alkanes of at least 4 members (excludes halogenated alkanes) is 1. The minimum atomic E-state index is -1.89. The molecular weight excluding hydrogens is 1250 g/mol. The van der Waals surface area contributed by atoms with Crippen LogP contribution < -0.4 is 80.6 Å². The topological polar surface area (TPSA) is 440 Å². The van der Waals surface area contributed by atoms with Crippen molar-refractivity contribution < 1.29 is 71.7 Å². The van der Waals surface area contributed by atoms with Crippen LogP contribution >= 0.6 is 0 Å². The van der Waals surface area contributed by atoms with Crippen LogP contribution in [-0.4, -0.2) is 224 Å². The Kier molecular flexibility index (Phi) is 29.6. The number of amides is 10. The smallest absolute Gasteiger partial charge is 0.305 e. The van der Waals surface area contributed by atoms with E-state index in [1.165, 1.54) is 4.90 Å². The van der Waals surface area contributed by atoms with Crippen LogP contribution in [0.25, 0.3) is 0 Å².